The fraction of sp³-hybridized carbons (Fsp3) is 0.750. The van der Waals surface area contributed by atoms with Gasteiger partial charge in [-0.2, -0.15) is 9.97 Å². The molecule has 8 heteroatoms. The summed E-state index contributed by atoms with van der Waals surface area (Å²) < 4.78 is 5.08. The lowest BCUT2D eigenvalue weighted by Crippen LogP contribution is -2.35. The van der Waals surface area contributed by atoms with Gasteiger partial charge in [0.1, 0.15) is 11.6 Å². The van der Waals surface area contributed by atoms with E-state index in [0.717, 1.165) is 56.7 Å². The second-order valence-corrected chi connectivity index (χ2v) is 8.26. The molecule has 0 atom stereocenters. The first-order valence-corrected chi connectivity index (χ1v) is 11.0. The van der Waals surface area contributed by atoms with E-state index in [1.807, 2.05) is 0 Å². The molecule has 2 N–H and O–H groups in total. The number of methoxy groups -OCH3 is 1. The molecule has 2 aliphatic rings. The van der Waals surface area contributed by atoms with E-state index in [1.54, 1.807) is 7.11 Å². The van der Waals surface area contributed by atoms with Crippen molar-refractivity contribution in [2.24, 2.45) is 5.92 Å². The van der Waals surface area contributed by atoms with Gasteiger partial charge in [0.2, 0.25) is 5.95 Å². The van der Waals surface area contributed by atoms with Gasteiger partial charge >= 0.3 is 0 Å². The average molecular weight is 407 g/mol. The smallest absolute Gasteiger partial charge is 0.232 e. The van der Waals surface area contributed by atoms with Crippen molar-refractivity contribution in [2.75, 3.05) is 61.6 Å². The highest BCUT2D eigenvalue weighted by atomic mass is 32.1. The number of hydrogen-bond acceptors (Lipinski definition) is 6. The molecule has 0 aromatic carbocycles. The van der Waals surface area contributed by atoms with Crippen molar-refractivity contribution in [2.45, 2.75) is 45.4 Å². The summed E-state index contributed by atoms with van der Waals surface area (Å²) in [6.45, 7) is 8.04. The number of anilines is 3. The number of nitrogens with zero attached hydrogens (tertiary/aromatic N) is 4. The minimum Gasteiger partial charge on any atom is -0.385 e. The SMILES string of the molecule is COCCCNC(=S)Nc1nc(N2CCCCC2)cc(N2CCC(C)CC2)n1. The van der Waals surface area contributed by atoms with Gasteiger partial charge in [-0.15, -0.1) is 0 Å². The Labute approximate surface area is 174 Å². The van der Waals surface area contributed by atoms with Gasteiger partial charge in [0.15, 0.2) is 5.11 Å². The van der Waals surface area contributed by atoms with Crippen LogP contribution in [0.4, 0.5) is 17.6 Å². The quantitative estimate of drug-likeness (QED) is 0.529. The summed E-state index contributed by atoms with van der Waals surface area (Å²) in [6, 6.07) is 2.15. The molecule has 7 nitrogen and oxygen atoms in total. The third kappa shape index (κ3) is 6.17. The molecular weight excluding hydrogens is 372 g/mol. The minimum atomic E-state index is 0.560. The van der Waals surface area contributed by atoms with E-state index in [1.165, 1.54) is 32.1 Å². The van der Waals surface area contributed by atoms with Crippen molar-refractivity contribution in [3.63, 3.8) is 0 Å². The zero-order valence-electron chi connectivity index (χ0n) is 17.2. The molecule has 2 aliphatic heterocycles. The number of rotatable bonds is 7. The molecule has 3 heterocycles. The van der Waals surface area contributed by atoms with Crippen LogP contribution in [0.15, 0.2) is 6.07 Å². The van der Waals surface area contributed by atoms with Crippen LogP contribution in [-0.2, 0) is 4.74 Å². The highest BCUT2D eigenvalue weighted by Gasteiger charge is 2.21. The Kier molecular flexibility index (Phi) is 8.09. The molecule has 0 spiro atoms. The molecule has 1 aromatic rings. The van der Waals surface area contributed by atoms with Gasteiger partial charge in [-0.05, 0) is 56.7 Å². The first-order valence-electron chi connectivity index (χ1n) is 10.6. The van der Waals surface area contributed by atoms with E-state index >= 15 is 0 Å². The van der Waals surface area contributed by atoms with E-state index < -0.39 is 0 Å². The van der Waals surface area contributed by atoms with Crippen molar-refractivity contribution in [3.8, 4) is 0 Å². The molecule has 3 rings (SSSR count). The standard InChI is InChI=1S/C20H34N6OS/c1-16-7-12-26(13-8-16)18-15-17(25-10-4-3-5-11-25)22-19(23-18)24-20(28)21-9-6-14-27-2/h15-16H,3-14H2,1-2H3,(H2,21,22,23,24,28). The second-order valence-electron chi connectivity index (χ2n) is 7.85. The van der Waals surface area contributed by atoms with Crippen molar-refractivity contribution >= 4 is 34.9 Å². The van der Waals surface area contributed by atoms with E-state index in [0.29, 0.717) is 17.7 Å². The van der Waals surface area contributed by atoms with E-state index in [2.05, 4.69) is 33.4 Å². The van der Waals surface area contributed by atoms with E-state index in [-0.39, 0.29) is 0 Å². The molecular formula is C20H34N6OS. The van der Waals surface area contributed by atoms with Gasteiger partial charge in [0.25, 0.3) is 0 Å². The van der Waals surface area contributed by atoms with Gasteiger partial charge in [0.05, 0.1) is 0 Å². The zero-order valence-corrected chi connectivity index (χ0v) is 18.1. The number of aromatic nitrogens is 2. The molecule has 0 amide bonds. The van der Waals surface area contributed by atoms with Crippen LogP contribution in [0.2, 0.25) is 0 Å². The molecule has 1 aromatic heterocycles. The Morgan fingerprint density at radius 2 is 1.75 bits per heavy atom. The van der Waals surface area contributed by atoms with Crippen molar-refractivity contribution in [3.05, 3.63) is 6.07 Å². The first kappa shape index (κ1) is 21.0. The Morgan fingerprint density at radius 1 is 1.11 bits per heavy atom. The topological polar surface area (TPSA) is 65.6 Å². The summed E-state index contributed by atoms with van der Waals surface area (Å²) in [5, 5.41) is 6.95. The van der Waals surface area contributed by atoms with Crippen LogP contribution >= 0.6 is 12.2 Å². The van der Waals surface area contributed by atoms with Crippen LogP contribution in [0.25, 0.3) is 0 Å². The van der Waals surface area contributed by atoms with Crippen LogP contribution < -0.4 is 20.4 Å². The fourth-order valence-electron chi connectivity index (χ4n) is 3.73. The van der Waals surface area contributed by atoms with Gasteiger partial charge < -0.3 is 25.2 Å². The maximum Gasteiger partial charge on any atom is 0.232 e. The Hall–Kier alpha value is -1.67. The predicted octanol–water partition coefficient (Wildman–Crippen LogP) is 3.03. The number of hydrogen-bond donors (Lipinski definition) is 2. The molecule has 28 heavy (non-hydrogen) atoms. The summed E-state index contributed by atoms with van der Waals surface area (Å²) in [5.74, 6) is 3.39. The molecule has 0 unspecified atom stereocenters. The number of thiocarbonyl (C=S) groups is 1. The summed E-state index contributed by atoms with van der Waals surface area (Å²) in [6.07, 6.45) is 7.09. The second kappa shape index (κ2) is 10.8. The first-order chi connectivity index (χ1) is 13.7. The Balaban J connectivity index is 1.72. The lowest BCUT2D eigenvalue weighted by molar-refractivity contribution is 0.196. The average Bonchev–Trinajstić information content (AvgIpc) is 2.72. The number of ether oxygens (including phenoxy) is 1. The third-order valence-electron chi connectivity index (χ3n) is 5.52. The van der Waals surface area contributed by atoms with Crippen LogP contribution in [0.1, 0.15) is 45.4 Å². The monoisotopic (exact) mass is 406 g/mol. The highest BCUT2D eigenvalue weighted by Crippen LogP contribution is 2.27. The van der Waals surface area contributed by atoms with Crippen molar-refractivity contribution in [1.82, 2.24) is 15.3 Å². The largest absolute Gasteiger partial charge is 0.385 e. The molecule has 156 valence electrons. The van der Waals surface area contributed by atoms with Crippen molar-refractivity contribution < 1.29 is 4.74 Å². The molecule has 0 aliphatic carbocycles. The van der Waals surface area contributed by atoms with Crippen LogP contribution in [-0.4, -0.2) is 61.5 Å². The summed E-state index contributed by atoms with van der Waals surface area (Å²) >= 11 is 5.43. The van der Waals surface area contributed by atoms with E-state index in [9.17, 15) is 0 Å². The van der Waals surface area contributed by atoms with Crippen LogP contribution in [0.3, 0.4) is 0 Å². The summed E-state index contributed by atoms with van der Waals surface area (Å²) in [4.78, 5) is 14.3. The maximum atomic E-state index is 5.43. The lowest BCUT2D eigenvalue weighted by atomic mass is 9.99. The number of piperidine rings is 2. The number of nitrogens with one attached hydrogen (secondary N) is 2. The molecule has 2 saturated heterocycles. The molecule has 0 saturated carbocycles. The van der Waals surface area contributed by atoms with Gasteiger partial charge in [-0.25, -0.2) is 0 Å². The van der Waals surface area contributed by atoms with Crippen LogP contribution in [0, 0.1) is 5.92 Å². The normalized spacial score (nSPS) is 18.2. The van der Waals surface area contributed by atoms with Crippen LogP contribution in [0.5, 0.6) is 0 Å². The molecule has 2 fully saturated rings. The molecule has 0 bridgehead atoms. The van der Waals surface area contributed by atoms with Crippen molar-refractivity contribution in [1.29, 1.82) is 0 Å². The Morgan fingerprint density at radius 3 is 2.39 bits per heavy atom. The molecule has 0 radical (unpaired) electrons. The predicted molar refractivity (Wildman–Crippen MR) is 119 cm³/mol. The minimum absolute atomic E-state index is 0.560. The van der Waals surface area contributed by atoms with Gasteiger partial charge in [-0.3, -0.25) is 0 Å². The summed E-state index contributed by atoms with van der Waals surface area (Å²) in [5.41, 5.74) is 0. The third-order valence-corrected chi connectivity index (χ3v) is 5.77. The fourth-order valence-corrected chi connectivity index (χ4v) is 3.92. The highest BCUT2D eigenvalue weighted by molar-refractivity contribution is 7.80. The van der Waals surface area contributed by atoms with Gasteiger partial charge in [0, 0.05) is 52.5 Å². The summed E-state index contributed by atoms with van der Waals surface area (Å²) in [7, 11) is 1.71. The Bertz CT molecular complexity index is 629. The zero-order chi connectivity index (χ0) is 19.8. The van der Waals surface area contributed by atoms with Gasteiger partial charge in [-0.1, -0.05) is 6.92 Å². The van der Waals surface area contributed by atoms with E-state index in [4.69, 9.17) is 26.9 Å². The lowest BCUT2D eigenvalue weighted by Gasteiger charge is -2.33. The maximum absolute atomic E-state index is 5.43.